The third-order valence-corrected chi connectivity index (χ3v) is 5.28. The minimum Gasteiger partial charge on any atom is -0.383 e. The van der Waals surface area contributed by atoms with Crippen molar-refractivity contribution in [3.8, 4) is 0 Å². The molecule has 2 fully saturated rings. The molecule has 1 aromatic heterocycles. The second kappa shape index (κ2) is 5.25. The van der Waals surface area contributed by atoms with Gasteiger partial charge in [0, 0.05) is 18.1 Å². The van der Waals surface area contributed by atoms with Gasteiger partial charge in [0.2, 0.25) is 0 Å². The van der Waals surface area contributed by atoms with Crippen LogP contribution in [0.25, 0.3) is 0 Å². The van der Waals surface area contributed by atoms with Crippen molar-refractivity contribution in [1.82, 2.24) is 14.9 Å². The number of nitrogens with one attached hydrogen (secondary N) is 1. The maximum absolute atomic E-state index is 5.79. The molecule has 2 unspecified atom stereocenters. The van der Waals surface area contributed by atoms with E-state index in [9.17, 15) is 0 Å². The highest BCUT2D eigenvalue weighted by Crippen LogP contribution is 2.34. The summed E-state index contributed by atoms with van der Waals surface area (Å²) >= 11 is 3.46. The van der Waals surface area contributed by atoms with E-state index in [2.05, 4.69) is 43.2 Å². The van der Waals surface area contributed by atoms with Crippen molar-refractivity contribution in [1.29, 1.82) is 0 Å². The molecule has 2 atom stereocenters. The Morgan fingerprint density at radius 3 is 2.68 bits per heavy atom. The molecule has 5 nitrogen and oxygen atoms in total. The van der Waals surface area contributed by atoms with Crippen molar-refractivity contribution in [2.24, 2.45) is 0 Å². The topological polar surface area (TPSA) is 67.1 Å². The highest BCUT2D eigenvalue weighted by molar-refractivity contribution is 9.10. The van der Waals surface area contributed by atoms with Gasteiger partial charge in [0.25, 0.3) is 0 Å². The van der Waals surface area contributed by atoms with Crippen LogP contribution in [0.2, 0.25) is 0 Å². The Labute approximate surface area is 122 Å². The summed E-state index contributed by atoms with van der Waals surface area (Å²) in [7, 11) is 2.27. The zero-order valence-electron chi connectivity index (χ0n) is 11.1. The third-order valence-electron chi connectivity index (χ3n) is 4.50. The zero-order valence-corrected chi connectivity index (χ0v) is 12.7. The zero-order chi connectivity index (χ0) is 13.4. The Morgan fingerprint density at radius 1 is 1.32 bits per heavy atom. The lowest BCUT2D eigenvalue weighted by molar-refractivity contribution is 0.0608. The third kappa shape index (κ3) is 2.56. The van der Waals surface area contributed by atoms with Gasteiger partial charge in [0.1, 0.15) is 22.4 Å². The number of nitrogens with two attached hydrogens (primary N) is 1. The van der Waals surface area contributed by atoms with E-state index in [0.29, 0.717) is 23.9 Å². The molecule has 3 N–H and O–H groups in total. The number of nitrogen functional groups attached to an aromatic ring is 1. The van der Waals surface area contributed by atoms with E-state index in [1.165, 1.54) is 38.4 Å². The number of nitrogens with zero attached hydrogens (tertiary/aromatic N) is 3. The molecule has 6 heteroatoms. The average molecular weight is 326 g/mol. The maximum Gasteiger partial charge on any atom is 0.146 e. The van der Waals surface area contributed by atoms with Crippen molar-refractivity contribution in [3.63, 3.8) is 0 Å². The number of halogens is 1. The van der Waals surface area contributed by atoms with E-state index >= 15 is 0 Å². The van der Waals surface area contributed by atoms with Crippen LogP contribution < -0.4 is 11.1 Å². The fraction of sp³-hybridized carbons (Fsp3) is 0.692. The molecule has 19 heavy (non-hydrogen) atoms. The minimum absolute atomic E-state index is 0.483. The molecular formula is C13H20BrN5. The molecule has 104 valence electrons. The molecule has 2 aliphatic heterocycles. The van der Waals surface area contributed by atoms with Crippen molar-refractivity contribution in [2.45, 2.75) is 50.2 Å². The predicted molar refractivity (Wildman–Crippen MR) is 80.0 cm³/mol. The van der Waals surface area contributed by atoms with Gasteiger partial charge >= 0.3 is 0 Å². The maximum atomic E-state index is 5.79. The molecule has 3 heterocycles. The molecule has 0 aliphatic carbocycles. The van der Waals surface area contributed by atoms with Crippen LogP contribution in [0, 0.1) is 0 Å². The predicted octanol–water partition coefficient (Wildman–Crippen LogP) is 2.25. The highest BCUT2D eigenvalue weighted by Gasteiger charge is 2.36. The Bertz CT molecular complexity index is 452. The molecule has 2 bridgehead atoms. The van der Waals surface area contributed by atoms with Gasteiger partial charge in [0.15, 0.2) is 0 Å². The van der Waals surface area contributed by atoms with E-state index in [4.69, 9.17) is 5.73 Å². The number of rotatable bonds is 2. The Kier molecular flexibility index (Phi) is 3.62. The van der Waals surface area contributed by atoms with Gasteiger partial charge in [-0.2, -0.15) is 0 Å². The van der Waals surface area contributed by atoms with Crippen LogP contribution in [0.4, 0.5) is 11.6 Å². The first kappa shape index (κ1) is 13.1. The molecule has 2 aliphatic rings. The lowest BCUT2D eigenvalue weighted by Crippen LogP contribution is -2.52. The number of hydrogen-bond donors (Lipinski definition) is 2. The summed E-state index contributed by atoms with van der Waals surface area (Å²) in [6.07, 6.45) is 7.89. The van der Waals surface area contributed by atoms with Gasteiger partial charge < -0.3 is 16.0 Å². The van der Waals surface area contributed by atoms with Crippen molar-refractivity contribution in [3.05, 3.63) is 10.8 Å². The monoisotopic (exact) mass is 325 g/mol. The summed E-state index contributed by atoms with van der Waals surface area (Å²) in [5, 5.41) is 3.53. The average Bonchev–Trinajstić information content (AvgIpc) is 2.36. The quantitative estimate of drug-likeness (QED) is 0.872. The minimum atomic E-state index is 0.483. The van der Waals surface area contributed by atoms with Crippen molar-refractivity contribution >= 4 is 27.6 Å². The number of piperidine rings is 2. The number of anilines is 2. The van der Waals surface area contributed by atoms with Crippen molar-refractivity contribution in [2.75, 3.05) is 18.1 Å². The Morgan fingerprint density at radius 2 is 2.00 bits per heavy atom. The van der Waals surface area contributed by atoms with E-state index in [0.717, 1.165) is 10.3 Å². The van der Waals surface area contributed by atoms with Crippen LogP contribution in [0.3, 0.4) is 0 Å². The second-order valence-corrected chi connectivity index (χ2v) is 6.43. The van der Waals surface area contributed by atoms with Gasteiger partial charge in [-0.15, -0.1) is 0 Å². The van der Waals surface area contributed by atoms with E-state index in [-0.39, 0.29) is 0 Å². The van der Waals surface area contributed by atoms with Crippen LogP contribution >= 0.6 is 15.9 Å². The number of hydrogen-bond acceptors (Lipinski definition) is 5. The Hall–Kier alpha value is -0.880. The summed E-state index contributed by atoms with van der Waals surface area (Å²) in [5.41, 5.74) is 5.79. The van der Waals surface area contributed by atoms with Gasteiger partial charge in [-0.05, 0) is 48.7 Å². The largest absolute Gasteiger partial charge is 0.383 e. The summed E-state index contributed by atoms with van der Waals surface area (Å²) in [5.74, 6) is 1.31. The highest BCUT2D eigenvalue weighted by atomic mass is 79.9. The smallest absolute Gasteiger partial charge is 0.146 e. The first-order chi connectivity index (χ1) is 9.15. The fourth-order valence-corrected chi connectivity index (χ4v) is 3.73. The number of aromatic nitrogens is 2. The van der Waals surface area contributed by atoms with Gasteiger partial charge in [-0.1, -0.05) is 6.42 Å². The Balaban J connectivity index is 1.72. The van der Waals surface area contributed by atoms with Crippen LogP contribution in [0.15, 0.2) is 10.8 Å². The summed E-state index contributed by atoms with van der Waals surface area (Å²) in [4.78, 5) is 10.8. The standard InChI is InChI=1S/C13H20BrN5/c1-19-9-3-2-4-10(19)6-8(5-9)18-13-11(14)12(15)16-7-17-13/h7-10H,2-6H2,1H3,(H3,15,16,17,18). The van der Waals surface area contributed by atoms with E-state index < -0.39 is 0 Å². The van der Waals surface area contributed by atoms with E-state index in [1.54, 1.807) is 0 Å². The summed E-state index contributed by atoms with van der Waals surface area (Å²) < 4.78 is 0.777. The lowest BCUT2D eigenvalue weighted by atomic mass is 9.82. The van der Waals surface area contributed by atoms with E-state index in [1.807, 2.05) is 0 Å². The van der Waals surface area contributed by atoms with Gasteiger partial charge in [-0.3, -0.25) is 0 Å². The molecule has 0 aromatic carbocycles. The molecular weight excluding hydrogens is 306 g/mol. The molecule has 1 aromatic rings. The summed E-state index contributed by atoms with van der Waals surface area (Å²) in [6.45, 7) is 0. The molecule has 2 saturated heterocycles. The van der Waals surface area contributed by atoms with Crippen LogP contribution in [0.5, 0.6) is 0 Å². The van der Waals surface area contributed by atoms with Crippen LogP contribution in [-0.2, 0) is 0 Å². The van der Waals surface area contributed by atoms with Gasteiger partial charge in [-0.25, -0.2) is 9.97 Å². The van der Waals surface area contributed by atoms with Crippen LogP contribution in [0.1, 0.15) is 32.1 Å². The normalized spacial score (nSPS) is 31.2. The molecule has 0 spiro atoms. The molecule has 3 rings (SSSR count). The fourth-order valence-electron chi connectivity index (χ4n) is 3.41. The van der Waals surface area contributed by atoms with Crippen molar-refractivity contribution < 1.29 is 0 Å². The number of fused-ring (bicyclic) bond motifs is 2. The molecule has 0 radical (unpaired) electrons. The lowest BCUT2D eigenvalue weighted by Gasteiger charge is -2.47. The van der Waals surface area contributed by atoms with Gasteiger partial charge in [0.05, 0.1) is 0 Å². The second-order valence-electron chi connectivity index (χ2n) is 5.64. The first-order valence-electron chi connectivity index (χ1n) is 6.89. The summed E-state index contributed by atoms with van der Waals surface area (Å²) in [6, 6.07) is 1.91. The van der Waals surface area contributed by atoms with Crippen LogP contribution in [-0.4, -0.2) is 40.0 Å². The molecule has 0 amide bonds. The first-order valence-corrected chi connectivity index (χ1v) is 7.69. The molecule has 0 saturated carbocycles. The SMILES string of the molecule is CN1C2CCCC1CC(Nc1ncnc(N)c1Br)C2.